The van der Waals surface area contributed by atoms with Crippen LogP contribution in [0.15, 0.2) is 52.2 Å². The van der Waals surface area contributed by atoms with Gasteiger partial charge in [0.1, 0.15) is 6.26 Å². The highest BCUT2D eigenvalue weighted by Gasteiger charge is 2.11. The first-order valence-corrected chi connectivity index (χ1v) is 6.88. The van der Waals surface area contributed by atoms with E-state index < -0.39 is 10.0 Å². The van der Waals surface area contributed by atoms with E-state index in [0.29, 0.717) is 11.3 Å². The highest BCUT2D eigenvalue weighted by Crippen LogP contribution is 2.14. The Hall–Kier alpha value is -2.12. The number of anilines is 1. The predicted octanol–water partition coefficient (Wildman–Crippen LogP) is 1.44. The van der Waals surface area contributed by atoms with Crippen molar-refractivity contribution in [1.82, 2.24) is 4.72 Å². The second-order valence-electron chi connectivity index (χ2n) is 3.70. The Morgan fingerprint density at radius 1 is 1.16 bits per heavy atom. The van der Waals surface area contributed by atoms with E-state index in [1.165, 1.54) is 49.9 Å². The number of rotatable bonds is 4. The van der Waals surface area contributed by atoms with Crippen LogP contribution in [0.25, 0.3) is 0 Å². The van der Waals surface area contributed by atoms with Crippen LogP contribution in [0.4, 0.5) is 5.69 Å². The molecular formula is C12H12N2O4S. The van der Waals surface area contributed by atoms with Gasteiger partial charge in [-0.2, -0.15) is 0 Å². The minimum atomic E-state index is -3.46. The summed E-state index contributed by atoms with van der Waals surface area (Å²) in [6, 6.07) is 7.40. The molecule has 2 rings (SSSR count). The highest BCUT2D eigenvalue weighted by atomic mass is 32.2. The van der Waals surface area contributed by atoms with Gasteiger partial charge in [-0.05, 0) is 37.4 Å². The third-order valence-corrected chi connectivity index (χ3v) is 3.90. The van der Waals surface area contributed by atoms with Crippen molar-refractivity contribution in [3.63, 3.8) is 0 Å². The normalized spacial score (nSPS) is 11.2. The largest absolute Gasteiger partial charge is 0.472 e. The van der Waals surface area contributed by atoms with Crippen molar-refractivity contribution in [2.45, 2.75) is 4.90 Å². The van der Waals surface area contributed by atoms with Gasteiger partial charge in [0.2, 0.25) is 10.0 Å². The first kappa shape index (κ1) is 13.3. The van der Waals surface area contributed by atoms with Crippen LogP contribution in [0, 0.1) is 0 Å². The Morgan fingerprint density at radius 2 is 1.84 bits per heavy atom. The maximum absolute atomic E-state index is 11.7. The third-order valence-electron chi connectivity index (χ3n) is 2.47. The lowest BCUT2D eigenvalue weighted by Crippen LogP contribution is -2.18. The fraction of sp³-hybridized carbons (Fsp3) is 0.0833. The van der Waals surface area contributed by atoms with Crippen LogP contribution >= 0.6 is 0 Å². The summed E-state index contributed by atoms with van der Waals surface area (Å²) in [6.45, 7) is 0. The van der Waals surface area contributed by atoms with E-state index in [9.17, 15) is 13.2 Å². The molecule has 0 spiro atoms. The summed E-state index contributed by atoms with van der Waals surface area (Å²) in [5, 5.41) is 2.63. The van der Waals surface area contributed by atoms with Crippen molar-refractivity contribution in [1.29, 1.82) is 0 Å². The summed E-state index contributed by atoms with van der Waals surface area (Å²) in [6.07, 6.45) is 2.73. The van der Waals surface area contributed by atoms with Gasteiger partial charge in [-0.15, -0.1) is 0 Å². The molecule has 0 bridgehead atoms. The van der Waals surface area contributed by atoms with Crippen LogP contribution < -0.4 is 10.0 Å². The Balaban J connectivity index is 2.14. The summed E-state index contributed by atoms with van der Waals surface area (Å²) in [4.78, 5) is 11.8. The zero-order valence-corrected chi connectivity index (χ0v) is 10.9. The number of carbonyl (C=O) groups is 1. The van der Waals surface area contributed by atoms with Crippen LogP contribution in [0.2, 0.25) is 0 Å². The van der Waals surface area contributed by atoms with Gasteiger partial charge in [-0.1, -0.05) is 0 Å². The van der Waals surface area contributed by atoms with Crippen LogP contribution in [0.3, 0.4) is 0 Å². The first-order chi connectivity index (χ1) is 9.03. The Bertz CT molecular complexity index is 660. The second kappa shape index (κ2) is 5.25. The number of carbonyl (C=O) groups excluding carboxylic acids is 1. The van der Waals surface area contributed by atoms with E-state index >= 15 is 0 Å². The fourth-order valence-corrected chi connectivity index (χ4v) is 2.16. The molecule has 0 saturated carbocycles. The SMILES string of the molecule is CNS(=O)(=O)c1ccc(NC(=O)c2ccoc2)cc1. The number of sulfonamides is 1. The predicted molar refractivity (Wildman–Crippen MR) is 69.3 cm³/mol. The minimum absolute atomic E-state index is 0.135. The molecular weight excluding hydrogens is 268 g/mol. The topological polar surface area (TPSA) is 88.4 Å². The van der Waals surface area contributed by atoms with Crippen LogP contribution in [0.1, 0.15) is 10.4 Å². The van der Waals surface area contributed by atoms with Gasteiger partial charge in [-0.25, -0.2) is 13.1 Å². The molecule has 0 fully saturated rings. The monoisotopic (exact) mass is 280 g/mol. The minimum Gasteiger partial charge on any atom is -0.472 e. The standard InChI is InChI=1S/C12H12N2O4S/c1-13-19(16,17)11-4-2-10(3-5-11)14-12(15)9-6-7-18-8-9/h2-8,13H,1H3,(H,14,15). The molecule has 7 heteroatoms. The maximum Gasteiger partial charge on any atom is 0.258 e. The van der Waals surface area contributed by atoms with E-state index in [4.69, 9.17) is 4.42 Å². The van der Waals surface area contributed by atoms with Gasteiger partial charge >= 0.3 is 0 Å². The van der Waals surface area contributed by atoms with E-state index in [1.807, 2.05) is 0 Å². The number of benzene rings is 1. The molecule has 6 nitrogen and oxygen atoms in total. The molecule has 19 heavy (non-hydrogen) atoms. The van der Waals surface area contributed by atoms with Crippen molar-refractivity contribution in [3.8, 4) is 0 Å². The van der Waals surface area contributed by atoms with Crippen molar-refractivity contribution >= 4 is 21.6 Å². The summed E-state index contributed by atoms with van der Waals surface area (Å²) >= 11 is 0. The number of hydrogen-bond acceptors (Lipinski definition) is 4. The lowest BCUT2D eigenvalue weighted by molar-refractivity contribution is 0.102. The molecule has 1 heterocycles. The molecule has 1 amide bonds. The smallest absolute Gasteiger partial charge is 0.258 e. The van der Waals surface area contributed by atoms with Crippen molar-refractivity contribution < 1.29 is 17.6 Å². The van der Waals surface area contributed by atoms with Crippen molar-refractivity contribution in [2.75, 3.05) is 12.4 Å². The van der Waals surface area contributed by atoms with Gasteiger partial charge in [0.05, 0.1) is 16.7 Å². The van der Waals surface area contributed by atoms with Crippen molar-refractivity contribution in [2.24, 2.45) is 0 Å². The van der Waals surface area contributed by atoms with Gasteiger partial charge in [0, 0.05) is 5.69 Å². The van der Waals surface area contributed by atoms with Gasteiger partial charge in [-0.3, -0.25) is 4.79 Å². The molecule has 2 aromatic rings. The molecule has 0 unspecified atom stereocenters. The van der Waals surface area contributed by atoms with E-state index in [2.05, 4.69) is 10.0 Å². The summed E-state index contributed by atoms with van der Waals surface area (Å²) in [7, 11) is -2.13. The number of amides is 1. The van der Waals surface area contributed by atoms with Crippen LogP contribution in [-0.4, -0.2) is 21.4 Å². The van der Waals surface area contributed by atoms with Crippen LogP contribution in [0.5, 0.6) is 0 Å². The number of hydrogen-bond donors (Lipinski definition) is 2. The summed E-state index contributed by atoms with van der Waals surface area (Å²) in [5.41, 5.74) is 0.896. The van der Waals surface area contributed by atoms with Gasteiger partial charge < -0.3 is 9.73 Å². The molecule has 100 valence electrons. The Kier molecular flexibility index (Phi) is 3.68. The van der Waals surface area contributed by atoms with Crippen molar-refractivity contribution in [3.05, 3.63) is 48.4 Å². The average Bonchev–Trinajstić information content (AvgIpc) is 2.93. The fourth-order valence-electron chi connectivity index (χ4n) is 1.43. The molecule has 0 atom stereocenters. The molecule has 1 aromatic carbocycles. The summed E-state index contributed by atoms with van der Waals surface area (Å²) in [5.74, 6) is -0.321. The average molecular weight is 280 g/mol. The molecule has 0 aliphatic heterocycles. The zero-order chi connectivity index (χ0) is 13.9. The Morgan fingerprint density at radius 3 is 2.37 bits per heavy atom. The molecule has 2 N–H and O–H groups in total. The van der Waals surface area contributed by atoms with Gasteiger partial charge in [0.15, 0.2) is 0 Å². The Labute approximate surface area is 110 Å². The quantitative estimate of drug-likeness (QED) is 0.887. The highest BCUT2D eigenvalue weighted by molar-refractivity contribution is 7.89. The van der Waals surface area contributed by atoms with Gasteiger partial charge in [0.25, 0.3) is 5.91 Å². The summed E-state index contributed by atoms with van der Waals surface area (Å²) < 4.78 is 30.0. The van der Waals surface area contributed by atoms with E-state index in [-0.39, 0.29) is 10.8 Å². The molecule has 1 aromatic heterocycles. The second-order valence-corrected chi connectivity index (χ2v) is 5.58. The molecule has 0 radical (unpaired) electrons. The lowest BCUT2D eigenvalue weighted by Gasteiger charge is -2.05. The molecule has 0 aliphatic carbocycles. The number of furan rings is 1. The van der Waals surface area contributed by atoms with E-state index in [1.54, 1.807) is 0 Å². The lowest BCUT2D eigenvalue weighted by atomic mass is 10.3. The zero-order valence-electron chi connectivity index (χ0n) is 10.1. The molecule has 0 saturated heterocycles. The third kappa shape index (κ3) is 3.01. The number of nitrogens with one attached hydrogen (secondary N) is 2. The van der Waals surface area contributed by atoms with Crippen LogP contribution in [-0.2, 0) is 10.0 Å². The van der Waals surface area contributed by atoms with E-state index in [0.717, 1.165) is 0 Å². The molecule has 0 aliphatic rings. The first-order valence-electron chi connectivity index (χ1n) is 5.40. The maximum atomic E-state index is 11.7.